The summed E-state index contributed by atoms with van der Waals surface area (Å²) in [5.41, 5.74) is 0.446. The molecule has 0 aliphatic heterocycles. The van der Waals surface area contributed by atoms with Crippen LogP contribution in [0.2, 0.25) is 5.02 Å². The van der Waals surface area contributed by atoms with Crippen LogP contribution >= 0.6 is 11.6 Å². The monoisotopic (exact) mass is 360 g/mol. The van der Waals surface area contributed by atoms with E-state index in [1.54, 1.807) is 12.1 Å². The first kappa shape index (κ1) is 16.6. The van der Waals surface area contributed by atoms with Crippen LogP contribution in [0.3, 0.4) is 0 Å². The minimum absolute atomic E-state index is 0.0974. The zero-order valence-corrected chi connectivity index (χ0v) is 14.6. The number of nitro groups is 1. The molecule has 0 radical (unpaired) electrons. The van der Waals surface area contributed by atoms with Crippen LogP contribution in [0.4, 0.5) is 5.69 Å². The van der Waals surface area contributed by atoms with Gasteiger partial charge in [0.1, 0.15) is 5.02 Å². The maximum atomic E-state index is 12.3. The number of hydrogen-bond acceptors (Lipinski definition) is 3. The minimum Gasteiger partial charge on any atom is -0.349 e. The fourth-order valence-corrected chi connectivity index (χ4v) is 5.50. The van der Waals surface area contributed by atoms with Crippen molar-refractivity contribution in [1.29, 1.82) is 0 Å². The lowest BCUT2D eigenvalue weighted by Gasteiger charge is -2.54. The van der Waals surface area contributed by atoms with Gasteiger partial charge in [0, 0.05) is 18.2 Å². The van der Waals surface area contributed by atoms with Gasteiger partial charge in [-0.3, -0.25) is 14.9 Å². The van der Waals surface area contributed by atoms with Crippen LogP contribution in [0, 0.1) is 33.8 Å². The molecule has 0 unspecified atom stereocenters. The molecule has 4 saturated carbocycles. The van der Waals surface area contributed by atoms with Gasteiger partial charge in [-0.15, -0.1) is 0 Å². The summed E-state index contributed by atoms with van der Waals surface area (Å²) < 4.78 is 0. The van der Waals surface area contributed by atoms with E-state index in [1.165, 1.54) is 50.3 Å². The van der Waals surface area contributed by atoms with E-state index in [-0.39, 0.29) is 16.6 Å². The predicted molar refractivity (Wildman–Crippen MR) is 96.1 cm³/mol. The molecule has 25 heavy (non-hydrogen) atoms. The highest BCUT2D eigenvalue weighted by atomic mass is 35.5. The Labute approximate surface area is 151 Å². The average Bonchev–Trinajstić information content (AvgIpc) is 2.56. The van der Waals surface area contributed by atoms with E-state index in [1.807, 2.05) is 0 Å². The van der Waals surface area contributed by atoms with Gasteiger partial charge >= 0.3 is 0 Å². The second kappa shape index (κ2) is 6.45. The van der Waals surface area contributed by atoms with E-state index in [2.05, 4.69) is 5.32 Å². The number of rotatable bonds is 4. The van der Waals surface area contributed by atoms with Crippen LogP contribution in [0.15, 0.2) is 24.3 Å². The zero-order valence-electron chi connectivity index (χ0n) is 13.9. The van der Waals surface area contributed by atoms with Gasteiger partial charge in [0.15, 0.2) is 0 Å². The Morgan fingerprint density at radius 2 is 1.80 bits per heavy atom. The second-order valence-electron chi connectivity index (χ2n) is 7.77. The molecule has 0 saturated heterocycles. The molecule has 1 aromatic carbocycles. The molecule has 4 fully saturated rings. The SMILES string of the molecule is O=C(/C=C/c1ccc(Cl)c([N+](=O)[O-])c1)NC1C2CC3CC(C2)CC1C3. The zero-order chi connectivity index (χ0) is 17.6. The largest absolute Gasteiger partial charge is 0.349 e. The van der Waals surface area contributed by atoms with E-state index < -0.39 is 4.92 Å². The van der Waals surface area contributed by atoms with Crippen molar-refractivity contribution in [1.82, 2.24) is 5.32 Å². The molecule has 4 bridgehead atoms. The Hall–Kier alpha value is -1.88. The van der Waals surface area contributed by atoms with Crippen LogP contribution in [0.1, 0.15) is 37.7 Å². The first-order valence-electron chi connectivity index (χ1n) is 8.92. The standard InChI is InChI=1S/C19H21ClN2O3/c20-16-3-1-11(10-17(16)22(24)25)2-4-18(23)21-19-14-6-12-5-13(8-14)9-15(19)7-12/h1-4,10,12-15,19H,5-9H2,(H,21,23)/b4-2+. The first-order chi connectivity index (χ1) is 12.0. The van der Waals surface area contributed by atoms with Gasteiger partial charge < -0.3 is 5.32 Å². The number of halogens is 1. The molecule has 5 rings (SSSR count). The van der Waals surface area contributed by atoms with Crippen molar-refractivity contribution in [3.05, 3.63) is 45.0 Å². The molecule has 5 nitrogen and oxygen atoms in total. The number of nitro benzene ring substituents is 1. The molecule has 0 aromatic heterocycles. The lowest BCUT2D eigenvalue weighted by molar-refractivity contribution is -0.384. The molecule has 0 spiro atoms. The number of nitrogens with one attached hydrogen (secondary N) is 1. The first-order valence-corrected chi connectivity index (χ1v) is 9.30. The molecule has 4 aliphatic rings. The maximum Gasteiger partial charge on any atom is 0.288 e. The fourth-order valence-electron chi connectivity index (χ4n) is 5.32. The molecular weight excluding hydrogens is 340 g/mol. The lowest BCUT2D eigenvalue weighted by Crippen LogP contribution is -2.55. The van der Waals surface area contributed by atoms with Crippen LogP contribution in [0.25, 0.3) is 6.08 Å². The lowest BCUT2D eigenvalue weighted by atomic mass is 9.54. The summed E-state index contributed by atoms with van der Waals surface area (Å²) in [6.45, 7) is 0. The van der Waals surface area contributed by atoms with E-state index in [0.29, 0.717) is 23.4 Å². The Bertz CT molecular complexity index is 718. The summed E-state index contributed by atoms with van der Waals surface area (Å²) in [7, 11) is 0. The van der Waals surface area contributed by atoms with Crippen LogP contribution in [-0.4, -0.2) is 16.9 Å². The van der Waals surface area contributed by atoms with E-state index in [9.17, 15) is 14.9 Å². The number of carbonyl (C=O) groups is 1. The Kier molecular flexibility index (Phi) is 4.28. The molecule has 1 aromatic rings. The summed E-state index contributed by atoms with van der Waals surface area (Å²) in [6.07, 6.45) is 9.49. The number of hydrogen-bond donors (Lipinski definition) is 1. The normalized spacial score (nSPS) is 32.9. The number of carbonyl (C=O) groups excluding carboxylic acids is 1. The summed E-state index contributed by atoms with van der Waals surface area (Å²) >= 11 is 5.81. The molecule has 0 heterocycles. The van der Waals surface area contributed by atoms with Crippen LogP contribution < -0.4 is 5.32 Å². The molecule has 132 valence electrons. The third-order valence-electron chi connectivity index (χ3n) is 6.13. The number of benzene rings is 1. The summed E-state index contributed by atoms with van der Waals surface area (Å²) in [5.74, 6) is 2.90. The Balaban J connectivity index is 1.42. The van der Waals surface area contributed by atoms with Crippen molar-refractivity contribution < 1.29 is 9.72 Å². The van der Waals surface area contributed by atoms with Crippen molar-refractivity contribution in [2.24, 2.45) is 23.7 Å². The Morgan fingerprint density at radius 1 is 1.16 bits per heavy atom. The number of amides is 1. The predicted octanol–water partition coefficient (Wildman–Crippen LogP) is 4.20. The highest BCUT2D eigenvalue weighted by molar-refractivity contribution is 6.32. The minimum atomic E-state index is -0.520. The summed E-state index contributed by atoms with van der Waals surface area (Å²) in [6, 6.07) is 4.83. The van der Waals surface area contributed by atoms with Crippen molar-refractivity contribution in [3.63, 3.8) is 0 Å². The van der Waals surface area contributed by atoms with Crippen molar-refractivity contribution >= 4 is 29.3 Å². The van der Waals surface area contributed by atoms with Crippen LogP contribution in [0.5, 0.6) is 0 Å². The molecular formula is C19H21ClN2O3. The summed E-state index contributed by atoms with van der Waals surface area (Å²) in [4.78, 5) is 22.8. The van der Waals surface area contributed by atoms with Gasteiger partial charge in [-0.2, -0.15) is 0 Å². The quantitative estimate of drug-likeness (QED) is 0.496. The second-order valence-corrected chi connectivity index (χ2v) is 8.17. The van der Waals surface area contributed by atoms with Gasteiger partial charge in [0.2, 0.25) is 5.91 Å². The summed E-state index contributed by atoms with van der Waals surface area (Å²) in [5, 5.41) is 14.2. The fraction of sp³-hybridized carbons (Fsp3) is 0.526. The molecule has 6 heteroatoms. The smallest absolute Gasteiger partial charge is 0.288 e. The molecule has 1 N–H and O–H groups in total. The van der Waals surface area contributed by atoms with Gasteiger partial charge in [-0.1, -0.05) is 17.7 Å². The molecule has 1 amide bonds. The van der Waals surface area contributed by atoms with Gasteiger partial charge in [-0.05, 0) is 73.5 Å². The van der Waals surface area contributed by atoms with Gasteiger partial charge in [0.25, 0.3) is 5.69 Å². The van der Waals surface area contributed by atoms with E-state index in [0.717, 1.165) is 11.8 Å². The topological polar surface area (TPSA) is 72.2 Å². The van der Waals surface area contributed by atoms with Crippen molar-refractivity contribution in [3.8, 4) is 0 Å². The maximum absolute atomic E-state index is 12.3. The van der Waals surface area contributed by atoms with E-state index >= 15 is 0 Å². The van der Waals surface area contributed by atoms with E-state index in [4.69, 9.17) is 11.6 Å². The van der Waals surface area contributed by atoms with Crippen molar-refractivity contribution in [2.75, 3.05) is 0 Å². The van der Waals surface area contributed by atoms with Gasteiger partial charge in [0.05, 0.1) is 4.92 Å². The highest BCUT2D eigenvalue weighted by Gasteiger charge is 2.48. The Morgan fingerprint density at radius 3 is 2.40 bits per heavy atom. The average molecular weight is 361 g/mol. The molecule has 0 atom stereocenters. The number of nitrogens with zero attached hydrogens (tertiary/aromatic N) is 1. The van der Waals surface area contributed by atoms with Crippen LogP contribution in [-0.2, 0) is 4.79 Å². The molecule has 4 aliphatic carbocycles. The third-order valence-corrected chi connectivity index (χ3v) is 6.45. The highest BCUT2D eigenvalue weighted by Crippen LogP contribution is 2.53. The van der Waals surface area contributed by atoms with Crippen molar-refractivity contribution in [2.45, 2.75) is 38.1 Å². The third kappa shape index (κ3) is 3.30. The van der Waals surface area contributed by atoms with Gasteiger partial charge in [-0.25, -0.2) is 0 Å².